The fraction of sp³-hybridized carbons (Fsp3) is 0.562. The zero-order chi connectivity index (χ0) is 16.2. The third kappa shape index (κ3) is 3.44. The molecular formula is C16H24N6O. The van der Waals surface area contributed by atoms with Gasteiger partial charge in [-0.3, -0.25) is 4.79 Å². The topological polar surface area (TPSA) is 82.0 Å². The molecule has 7 nitrogen and oxygen atoms in total. The van der Waals surface area contributed by atoms with Crippen LogP contribution in [0.25, 0.3) is 0 Å². The molecule has 124 valence electrons. The van der Waals surface area contributed by atoms with E-state index >= 15 is 0 Å². The van der Waals surface area contributed by atoms with E-state index in [1.807, 2.05) is 4.57 Å². The van der Waals surface area contributed by atoms with E-state index in [1.165, 1.54) is 4.68 Å². The van der Waals surface area contributed by atoms with Crippen LogP contribution in [0.5, 0.6) is 0 Å². The zero-order valence-corrected chi connectivity index (χ0v) is 13.6. The van der Waals surface area contributed by atoms with Crippen LogP contribution in [0, 0.1) is 5.92 Å². The number of imidazole rings is 1. The van der Waals surface area contributed by atoms with Crippen LogP contribution in [-0.4, -0.2) is 39.0 Å². The highest BCUT2D eigenvalue weighted by atomic mass is 16.1. The SMILES string of the molecule is CCn1cncc1Cn1ncc(N2CCC(CN)CC2)cc1=O. The van der Waals surface area contributed by atoms with E-state index < -0.39 is 0 Å². The van der Waals surface area contributed by atoms with Crippen molar-refractivity contribution in [2.24, 2.45) is 11.7 Å². The standard InChI is InChI=1S/C16H24N6O/c1-2-20-12-18-9-15(20)11-22-16(23)7-14(10-19-22)21-5-3-13(8-17)4-6-21/h7,9-10,12-13H,2-6,8,11,17H2,1H3. The lowest BCUT2D eigenvalue weighted by molar-refractivity contribution is 0.414. The zero-order valence-electron chi connectivity index (χ0n) is 13.6. The Labute approximate surface area is 135 Å². The number of anilines is 1. The van der Waals surface area contributed by atoms with E-state index in [9.17, 15) is 4.79 Å². The second-order valence-electron chi connectivity index (χ2n) is 6.05. The summed E-state index contributed by atoms with van der Waals surface area (Å²) in [6, 6.07) is 1.68. The van der Waals surface area contributed by atoms with Gasteiger partial charge in [0.1, 0.15) is 0 Å². The number of hydrogen-bond donors (Lipinski definition) is 1. The van der Waals surface area contributed by atoms with Crippen molar-refractivity contribution in [3.63, 3.8) is 0 Å². The predicted molar refractivity (Wildman–Crippen MR) is 89.5 cm³/mol. The third-order valence-electron chi connectivity index (χ3n) is 4.62. The van der Waals surface area contributed by atoms with Gasteiger partial charge in [-0.25, -0.2) is 9.67 Å². The minimum absolute atomic E-state index is 0.0766. The molecule has 0 amide bonds. The van der Waals surface area contributed by atoms with Crippen LogP contribution in [0.3, 0.4) is 0 Å². The fourth-order valence-electron chi connectivity index (χ4n) is 3.06. The highest BCUT2D eigenvalue weighted by molar-refractivity contribution is 5.43. The molecule has 0 saturated carbocycles. The van der Waals surface area contributed by atoms with Gasteiger partial charge in [-0.2, -0.15) is 5.10 Å². The molecule has 0 aromatic carbocycles. The number of rotatable bonds is 5. The first kappa shape index (κ1) is 15.7. The van der Waals surface area contributed by atoms with E-state index in [0.29, 0.717) is 12.5 Å². The van der Waals surface area contributed by atoms with Crippen LogP contribution in [0.2, 0.25) is 0 Å². The fourth-order valence-corrected chi connectivity index (χ4v) is 3.06. The molecule has 0 aliphatic carbocycles. The van der Waals surface area contributed by atoms with Gasteiger partial charge in [0.15, 0.2) is 0 Å². The number of nitrogens with zero attached hydrogens (tertiary/aromatic N) is 5. The quantitative estimate of drug-likeness (QED) is 0.877. The van der Waals surface area contributed by atoms with Gasteiger partial charge in [0.25, 0.3) is 5.56 Å². The molecule has 0 radical (unpaired) electrons. The van der Waals surface area contributed by atoms with Crippen molar-refractivity contribution >= 4 is 5.69 Å². The Bertz CT molecular complexity index is 699. The van der Waals surface area contributed by atoms with Crippen molar-refractivity contribution in [2.75, 3.05) is 24.5 Å². The van der Waals surface area contributed by atoms with Crippen LogP contribution < -0.4 is 16.2 Å². The predicted octanol–water partition coefficient (Wildman–Crippen LogP) is 0.683. The molecule has 2 aromatic rings. The molecule has 1 fully saturated rings. The number of aryl methyl sites for hydroxylation is 1. The van der Waals surface area contributed by atoms with E-state index in [0.717, 1.165) is 50.4 Å². The molecule has 1 aliphatic heterocycles. The van der Waals surface area contributed by atoms with Gasteiger partial charge >= 0.3 is 0 Å². The molecule has 0 unspecified atom stereocenters. The number of piperidine rings is 1. The van der Waals surface area contributed by atoms with Crippen molar-refractivity contribution < 1.29 is 0 Å². The van der Waals surface area contributed by atoms with Gasteiger partial charge in [-0.1, -0.05) is 0 Å². The largest absolute Gasteiger partial charge is 0.370 e. The minimum Gasteiger partial charge on any atom is -0.370 e. The number of nitrogens with two attached hydrogens (primary N) is 1. The Morgan fingerprint density at radius 2 is 2.09 bits per heavy atom. The first-order chi connectivity index (χ1) is 11.2. The van der Waals surface area contributed by atoms with Gasteiger partial charge in [0.05, 0.1) is 36.6 Å². The van der Waals surface area contributed by atoms with E-state index in [2.05, 4.69) is 21.9 Å². The average molecular weight is 316 g/mol. The minimum atomic E-state index is -0.0766. The summed E-state index contributed by atoms with van der Waals surface area (Å²) in [6.45, 7) is 5.96. The molecule has 2 aromatic heterocycles. The van der Waals surface area contributed by atoms with Gasteiger partial charge < -0.3 is 15.2 Å². The normalized spacial score (nSPS) is 16.0. The highest BCUT2D eigenvalue weighted by Crippen LogP contribution is 2.20. The van der Waals surface area contributed by atoms with Crippen LogP contribution in [0.15, 0.2) is 29.6 Å². The molecule has 3 heterocycles. The molecule has 0 spiro atoms. The van der Waals surface area contributed by atoms with Gasteiger partial charge in [0.2, 0.25) is 0 Å². The summed E-state index contributed by atoms with van der Waals surface area (Å²) in [5.74, 6) is 0.605. The van der Waals surface area contributed by atoms with Gasteiger partial charge in [-0.15, -0.1) is 0 Å². The Kier molecular flexibility index (Phi) is 4.76. The summed E-state index contributed by atoms with van der Waals surface area (Å²) in [6.07, 6.45) is 7.50. The second kappa shape index (κ2) is 6.95. The van der Waals surface area contributed by atoms with Crippen molar-refractivity contribution in [3.8, 4) is 0 Å². The summed E-state index contributed by atoms with van der Waals surface area (Å²) in [5.41, 5.74) is 7.54. The van der Waals surface area contributed by atoms with E-state index in [-0.39, 0.29) is 5.56 Å². The smallest absolute Gasteiger partial charge is 0.269 e. The van der Waals surface area contributed by atoms with E-state index in [4.69, 9.17) is 5.73 Å². The Balaban J connectivity index is 1.72. The molecule has 23 heavy (non-hydrogen) atoms. The van der Waals surface area contributed by atoms with Crippen molar-refractivity contribution in [1.82, 2.24) is 19.3 Å². The maximum atomic E-state index is 12.4. The highest BCUT2D eigenvalue weighted by Gasteiger charge is 2.19. The van der Waals surface area contributed by atoms with Gasteiger partial charge in [0, 0.05) is 25.7 Å². The maximum absolute atomic E-state index is 12.4. The lowest BCUT2D eigenvalue weighted by Crippen LogP contribution is -2.37. The first-order valence-electron chi connectivity index (χ1n) is 8.22. The monoisotopic (exact) mass is 316 g/mol. The molecular weight excluding hydrogens is 292 g/mol. The Morgan fingerprint density at radius 3 is 2.74 bits per heavy atom. The lowest BCUT2D eigenvalue weighted by atomic mass is 9.97. The van der Waals surface area contributed by atoms with Crippen LogP contribution in [0.1, 0.15) is 25.5 Å². The summed E-state index contributed by atoms with van der Waals surface area (Å²) in [4.78, 5) is 18.7. The lowest BCUT2D eigenvalue weighted by Gasteiger charge is -2.32. The van der Waals surface area contributed by atoms with Gasteiger partial charge in [-0.05, 0) is 32.2 Å². The van der Waals surface area contributed by atoms with E-state index in [1.54, 1.807) is 24.8 Å². The number of aromatic nitrogens is 4. The number of hydrogen-bond acceptors (Lipinski definition) is 5. The summed E-state index contributed by atoms with van der Waals surface area (Å²) in [7, 11) is 0. The molecule has 1 saturated heterocycles. The van der Waals surface area contributed by atoms with Crippen LogP contribution in [-0.2, 0) is 13.1 Å². The van der Waals surface area contributed by atoms with Crippen molar-refractivity contribution in [1.29, 1.82) is 0 Å². The van der Waals surface area contributed by atoms with Crippen LogP contribution in [0.4, 0.5) is 5.69 Å². The Hall–Kier alpha value is -2.15. The average Bonchev–Trinajstić information content (AvgIpc) is 3.04. The Morgan fingerprint density at radius 1 is 1.30 bits per heavy atom. The van der Waals surface area contributed by atoms with Crippen molar-refractivity contribution in [3.05, 3.63) is 40.8 Å². The molecule has 0 bridgehead atoms. The molecule has 0 atom stereocenters. The van der Waals surface area contributed by atoms with Crippen LogP contribution >= 0.6 is 0 Å². The molecule has 2 N–H and O–H groups in total. The summed E-state index contributed by atoms with van der Waals surface area (Å²) >= 11 is 0. The summed E-state index contributed by atoms with van der Waals surface area (Å²) in [5, 5.41) is 4.34. The second-order valence-corrected chi connectivity index (χ2v) is 6.05. The molecule has 3 rings (SSSR count). The maximum Gasteiger partial charge on any atom is 0.269 e. The summed E-state index contributed by atoms with van der Waals surface area (Å²) < 4.78 is 3.50. The van der Waals surface area contributed by atoms with Crippen molar-refractivity contribution in [2.45, 2.75) is 32.9 Å². The third-order valence-corrected chi connectivity index (χ3v) is 4.62. The molecule has 1 aliphatic rings. The first-order valence-corrected chi connectivity index (χ1v) is 8.22. The molecule has 7 heteroatoms.